The number of ether oxygens (including phenoxy) is 3. The lowest BCUT2D eigenvalue weighted by Crippen LogP contribution is -2.22. The van der Waals surface area contributed by atoms with Gasteiger partial charge in [0.15, 0.2) is 11.9 Å². The highest BCUT2D eigenvalue weighted by Gasteiger charge is 2.38. The van der Waals surface area contributed by atoms with E-state index >= 15 is 0 Å². The highest BCUT2D eigenvalue weighted by molar-refractivity contribution is 5.58. The Hall–Kier alpha value is -1.98. The molecule has 25 heavy (non-hydrogen) atoms. The van der Waals surface area contributed by atoms with Crippen LogP contribution in [0.25, 0.3) is 5.65 Å². The number of hydrogen-bond donors (Lipinski definition) is 1. The number of methoxy groups -OCH3 is 2. The Morgan fingerprint density at radius 3 is 2.40 bits per heavy atom. The van der Waals surface area contributed by atoms with Gasteiger partial charge in [0.2, 0.25) is 0 Å². The topological polar surface area (TPSA) is 82.8 Å². The van der Waals surface area contributed by atoms with Gasteiger partial charge < -0.3 is 19.5 Å². The second-order valence-electron chi connectivity index (χ2n) is 5.26. The molecule has 0 aliphatic rings. The van der Waals surface area contributed by atoms with E-state index in [1.54, 1.807) is 13.8 Å². The molecule has 0 aliphatic carbocycles. The van der Waals surface area contributed by atoms with Crippen LogP contribution in [0.2, 0.25) is 0 Å². The molecule has 0 unspecified atom stereocenters. The Labute approximate surface area is 142 Å². The predicted octanol–water partition coefficient (Wildman–Crippen LogP) is 1.81. The SMILES string of the molecule is COC(COCCNc1nn2c(C(F)(F)F)nnc2c(C)c1C)OC. The number of rotatable bonds is 8. The molecule has 2 heterocycles. The van der Waals surface area contributed by atoms with Crippen LogP contribution in [0.5, 0.6) is 0 Å². The lowest BCUT2D eigenvalue weighted by atomic mass is 10.2. The number of aromatic nitrogens is 4. The number of aryl methyl sites for hydroxylation is 1. The largest absolute Gasteiger partial charge is 0.453 e. The number of fused-ring (bicyclic) bond motifs is 1. The molecule has 140 valence electrons. The second-order valence-corrected chi connectivity index (χ2v) is 5.26. The molecule has 1 N–H and O–H groups in total. The minimum absolute atomic E-state index is 0.0784. The molecular weight excluding hydrogens is 343 g/mol. The van der Waals surface area contributed by atoms with Crippen molar-refractivity contribution >= 4 is 11.5 Å². The van der Waals surface area contributed by atoms with Gasteiger partial charge in [0.05, 0.1) is 13.2 Å². The molecule has 0 bridgehead atoms. The summed E-state index contributed by atoms with van der Waals surface area (Å²) in [7, 11) is 3.00. The molecule has 0 saturated carbocycles. The van der Waals surface area contributed by atoms with Crippen LogP contribution in [-0.2, 0) is 20.4 Å². The predicted molar refractivity (Wildman–Crippen MR) is 82.4 cm³/mol. The van der Waals surface area contributed by atoms with Crippen LogP contribution in [0.1, 0.15) is 17.0 Å². The molecule has 0 spiro atoms. The van der Waals surface area contributed by atoms with Crippen molar-refractivity contribution in [1.29, 1.82) is 0 Å². The molecule has 2 rings (SSSR count). The van der Waals surface area contributed by atoms with Gasteiger partial charge in [-0.2, -0.15) is 17.7 Å². The zero-order valence-corrected chi connectivity index (χ0v) is 14.3. The lowest BCUT2D eigenvalue weighted by Gasteiger charge is -2.15. The van der Waals surface area contributed by atoms with E-state index in [0.29, 0.717) is 34.6 Å². The smallest absolute Gasteiger partial charge is 0.374 e. The van der Waals surface area contributed by atoms with Crippen molar-refractivity contribution in [2.24, 2.45) is 0 Å². The lowest BCUT2D eigenvalue weighted by molar-refractivity contribution is -0.146. The van der Waals surface area contributed by atoms with E-state index in [0.717, 1.165) is 0 Å². The average Bonchev–Trinajstić information content (AvgIpc) is 2.99. The summed E-state index contributed by atoms with van der Waals surface area (Å²) in [5, 5.41) is 13.7. The molecule has 0 aliphatic heterocycles. The molecule has 2 aromatic rings. The van der Waals surface area contributed by atoms with Crippen molar-refractivity contribution < 1.29 is 27.4 Å². The highest BCUT2D eigenvalue weighted by Crippen LogP contribution is 2.29. The van der Waals surface area contributed by atoms with E-state index < -0.39 is 18.3 Å². The number of anilines is 1. The number of alkyl halides is 3. The van der Waals surface area contributed by atoms with Crippen molar-refractivity contribution in [3.8, 4) is 0 Å². The molecule has 0 atom stereocenters. The number of halogens is 3. The summed E-state index contributed by atoms with van der Waals surface area (Å²) in [6.45, 7) is 4.31. The third-order valence-corrected chi connectivity index (χ3v) is 3.67. The van der Waals surface area contributed by atoms with E-state index in [1.165, 1.54) is 14.2 Å². The van der Waals surface area contributed by atoms with E-state index in [2.05, 4.69) is 20.6 Å². The summed E-state index contributed by atoms with van der Waals surface area (Å²) in [5.41, 5.74) is 1.34. The van der Waals surface area contributed by atoms with Crippen LogP contribution in [0.3, 0.4) is 0 Å². The first-order valence-electron chi connectivity index (χ1n) is 7.46. The van der Waals surface area contributed by atoms with Crippen LogP contribution in [0.15, 0.2) is 0 Å². The maximum absolute atomic E-state index is 13.0. The molecule has 2 aromatic heterocycles. The fourth-order valence-corrected chi connectivity index (χ4v) is 2.13. The van der Waals surface area contributed by atoms with Gasteiger partial charge in [-0.15, -0.1) is 15.3 Å². The first-order chi connectivity index (χ1) is 11.8. The van der Waals surface area contributed by atoms with Gasteiger partial charge in [0.25, 0.3) is 5.82 Å². The van der Waals surface area contributed by atoms with Gasteiger partial charge >= 0.3 is 6.18 Å². The Morgan fingerprint density at radius 1 is 1.12 bits per heavy atom. The van der Waals surface area contributed by atoms with Gasteiger partial charge in [-0.25, -0.2) is 0 Å². The summed E-state index contributed by atoms with van der Waals surface area (Å²) in [5.74, 6) is -0.845. The zero-order chi connectivity index (χ0) is 18.6. The van der Waals surface area contributed by atoms with Gasteiger partial charge in [0.1, 0.15) is 5.82 Å². The highest BCUT2D eigenvalue weighted by atomic mass is 19.4. The van der Waals surface area contributed by atoms with Gasteiger partial charge in [-0.05, 0) is 19.4 Å². The summed E-state index contributed by atoms with van der Waals surface area (Å²) in [6, 6.07) is 0. The van der Waals surface area contributed by atoms with Crippen molar-refractivity contribution in [3.05, 3.63) is 17.0 Å². The number of nitrogens with one attached hydrogen (secondary N) is 1. The Bertz CT molecular complexity index is 716. The number of nitrogens with zero attached hydrogens (tertiary/aromatic N) is 4. The van der Waals surface area contributed by atoms with Gasteiger partial charge in [0, 0.05) is 26.3 Å². The third-order valence-electron chi connectivity index (χ3n) is 3.67. The summed E-state index contributed by atoms with van der Waals surface area (Å²) in [6.07, 6.45) is -5.10. The quantitative estimate of drug-likeness (QED) is 0.566. The minimum atomic E-state index is -4.64. The first kappa shape index (κ1) is 19.3. The van der Waals surface area contributed by atoms with Crippen LogP contribution in [0, 0.1) is 13.8 Å². The van der Waals surface area contributed by atoms with Crippen molar-refractivity contribution in [1.82, 2.24) is 19.8 Å². The van der Waals surface area contributed by atoms with E-state index in [4.69, 9.17) is 14.2 Å². The normalized spacial score (nSPS) is 12.3. The van der Waals surface area contributed by atoms with Gasteiger partial charge in [-0.1, -0.05) is 0 Å². The molecule has 11 heteroatoms. The monoisotopic (exact) mass is 363 g/mol. The Kier molecular flexibility index (Phi) is 6.14. The molecule has 0 radical (unpaired) electrons. The maximum Gasteiger partial charge on any atom is 0.453 e. The third kappa shape index (κ3) is 4.35. The van der Waals surface area contributed by atoms with Crippen molar-refractivity contribution in [2.45, 2.75) is 26.3 Å². The van der Waals surface area contributed by atoms with Crippen LogP contribution < -0.4 is 5.32 Å². The fourth-order valence-electron chi connectivity index (χ4n) is 2.13. The van der Waals surface area contributed by atoms with E-state index in [-0.39, 0.29) is 12.3 Å². The second kappa shape index (κ2) is 7.93. The summed E-state index contributed by atoms with van der Waals surface area (Å²) >= 11 is 0. The van der Waals surface area contributed by atoms with Crippen molar-refractivity contribution in [2.75, 3.05) is 39.3 Å². The molecule has 0 saturated heterocycles. The first-order valence-corrected chi connectivity index (χ1v) is 7.46. The van der Waals surface area contributed by atoms with E-state index in [1.807, 2.05) is 0 Å². The standard InChI is InChI=1S/C14H20F3N5O3/c1-8-9(2)12-19-20-13(14(15,16)17)22(12)21-11(8)18-5-6-25-7-10(23-3)24-4/h10H,5-7H2,1-4H3,(H,18,21). The molecule has 0 fully saturated rings. The fraction of sp³-hybridized carbons (Fsp3) is 0.643. The minimum Gasteiger partial charge on any atom is -0.374 e. The summed E-state index contributed by atoms with van der Waals surface area (Å²) in [4.78, 5) is 0. The molecular formula is C14H20F3N5O3. The molecule has 0 aromatic carbocycles. The average molecular weight is 363 g/mol. The van der Waals surface area contributed by atoms with E-state index in [9.17, 15) is 13.2 Å². The van der Waals surface area contributed by atoms with Crippen LogP contribution in [-0.4, -0.2) is 60.1 Å². The van der Waals surface area contributed by atoms with Crippen LogP contribution in [0.4, 0.5) is 19.0 Å². The summed E-state index contributed by atoms with van der Waals surface area (Å²) < 4.78 is 55.0. The van der Waals surface area contributed by atoms with Gasteiger partial charge in [-0.3, -0.25) is 0 Å². The zero-order valence-electron chi connectivity index (χ0n) is 14.3. The Morgan fingerprint density at radius 2 is 1.80 bits per heavy atom. The molecule has 0 amide bonds. The molecule has 8 nitrogen and oxygen atoms in total. The maximum atomic E-state index is 13.0. The number of hydrogen-bond acceptors (Lipinski definition) is 7. The Balaban J connectivity index is 2.09. The van der Waals surface area contributed by atoms with Crippen molar-refractivity contribution in [3.63, 3.8) is 0 Å². The van der Waals surface area contributed by atoms with Crippen LogP contribution >= 0.6 is 0 Å².